The minimum Gasteiger partial charge on any atom is -0.267 e. The lowest BCUT2D eigenvalue weighted by Gasteiger charge is -2.09. The number of nitrogens with one attached hydrogen (secondary N) is 3. The van der Waals surface area contributed by atoms with Crippen molar-refractivity contribution in [3.05, 3.63) is 99.6 Å². The van der Waals surface area contributed by atoms with Crippen molar-refractivity contribution < 1.29 is 22.4 Å². The van der Waals surface area contributed by atoms with E-state index in [9.17, 15) is 22.4 Å². The Kier molecular flexibility index (Phi) is 6.94. The Labute approximate surface area is 203 Å². The lowest BCUT2D eigenvalue weighted by molar-refractivity contribution is 0.0849. The second-order valence-electron chi connectivity index (χ2n) is 7.15. The maximum atomic E-state index is 13.3. The highest BCUT2D eigenvalue weighted by Gasteiger charge is 2.16. The van der Waals surface area contributed by atoms with E-state index in [1.54, 1.807) is 18.2 Å². The fourth-order valence-electron chi connectivity index (χ4n) is 3.02. The van der Waals surface area contributed by atoms with Crippen LogP contribution in [0.2, 0.25) is 5.02 Å². The fourth-order valence-corrected chi connectivity index (χ4v) is 5.27. The van der Waals surface area contributed by atoms with Crippen LogP contribution in [0.1, 0.15) is 25.6 Å². The molecule has 174 valence electrons. The van der Waals surface area contributed by atoms with Crippen LogP contribution in [0.4, 0.5) is 4.39 Å². The fraction of sp³-hybridized carbons (Fsp3) is 0.0435. The number of carbonyl (C=O) groups is 2. The smallest absolute Gasteiger partial charge is 0.267 e. The minimum atomic E-state index is -3.91. The Hall–Kier alpha value is -3.31. The highest BCUT2D eigenvalue weighted by Crippen LogP contribution is 2.25. The van der Waals surface area contributed by atoms with Gasteiger partial charge in [0.05, 0.1) is 14.8 Å². The Balaban J connectivity index is 1.33. The summed E-state index contributed by atoms with van der Waals surface area (Å²) in [6.45, 7) is -0.0537. The maximum absolute atomic E-state index is 13.3. The maximum Gasteiger partial charge on any atom is 0.279 e. The third kappa shape index (κ3) is 5.42. The Morgan fingerprint density at radius 1 is 0.912 bits per heavy atom. The Morgan fingerprint density at radius 2 is 1.62 bits per heavy atom. The summed E-state index contributed by atoms with van der Waals surface area (Å²) in [5.41, 5.74) is 5.61. The van der Waals surface area contributed by atoms with Crippen LogP contribution in [0.15, 0.2) is 77.7 Å². The van der Waals surface area contributed by atoms with Gasteiger partial charge in [-0.1, -0.05) is 41.9 Å². The number of rotatable bonds is 6. The van der Waals surface area contributed by atoms with E-state index in [0.717, 1.165) is 28.3 Å². The van der Waals surface area contributed by atoms with Crippen molar-refractivity contribution >= 4 is 54.9 Å². The molecule has 2 amide bonds. The van der Waals surface area contributed by atoms with E-state index in [0.29, 0.717) is 10.4 Å². The Morgan fingerprint density at radius 3 is 2.32 bits per heavy atom. The average molecular weight is 518 g/mol. The molecule has 34 heavy (non-hydrogen) atoms. The third-order valence-electron chi connectivity index (χ3n) is 4.82. The van der Waals surface area contributed by atoms with Gasteiger partial charge in [-0.15, -0.1) is 11.3 Å². The van der Waals surface area contributed by atoms with Crippen LogP contribution in [-0.4, -0.2) is 20.2 Å². The predicted molar refractivity (Wildman–Crippen MR) is 129 cm³/mol. The van der Waals surface area contributed by atoms with Gasteiger partial charge in [0.15, 0.2) is 0 Å². The Bertz CT molecular complexity index is 1450. The van der Waals surface area contributed by atoms with Gasteiger partial charge in [0.25, 0.3) is 11.8 Å². The molecular formula is C23H17ClFN3O4S2. The summed E-state index contributed by atoms with van der Waals surface area (Å²) in [5, 5.41) is 0.649. The van der Waals surface area contributed by atoms with Gasteiger partial charge in [-0.25, -0.2) is 17.5 Å². The van der Waals surface area contributed by atoms with Crippen LogP contribution < -0.4 is 15.6 Å². The molecule has 3 N–H and O–H groups in total. The van der Waals surface area contributed by atoms with E-state index in [1.165, 1.54) is 23.5 Å². The van der Waals surface area contributed by atoms with Gasteiger partial charge in [0, 0.05) is 16.8 Å². The quantitative estimate of drug-likeness (QED) is 0.333. The van der Waals surface area contributed by atoms with Crippen LogP contribution in [0, 0.1) is 5.82 Å². The molecular weight excluding hydrogens is 501 g/mol. The molecule has 0 radical (unpaired) electrons. The molecule has 0 atom stereocenters. The predicted octanol–water partition coefficient (Wildman–Crippen LogP) is 4.25. The first-order valence-electron chi connectivity index (χ1n) is 9.86. The zero-order chi connectivity index (χ0) is 24.3. The van der Waals surface area contributed by atoms with E-state index < -0.39 is 27.7 Å². The van der Waals surface area contributed by atoms with Gasteiger partial charge < -0.3 is 0 Å². The molecule has 0 saturated heterocycles. The number of benzene rings is 3. The van der Waals surface area contributed by atoms with Crippen LogP contribution >= 0.6 is 22.9 Å². The van der Waals surface area contributed by atoms with Crippen LogP contribution in [0.5, 0.6) is 0 Å². The van der Waals surface area contributed by atoms with Crippen molar-refractivity contribution in [2.45, 2.75) is 11.4 Å². The molecule has 0 unspecified atom stereocenters. The van der Waals surface area contributed by atoms with Gasteiger partial charge in [-0.05, 0) is 53.4 Å². The van der Waals surface area contributed by atoms with E-state index in [-0.39, 0.29) is 22.0 Å². The minimum absolute atomic E-state index is 0.0537. The second-order valence-corrected chi connectivity index (χ2v) is 10.4. The normalized spacial score (nSPS) is 11.4. The summed E-state index contributed by atoms with van der Waals surface area (Å²) in [4.78, 5) is 25.0. The summed E-state index contributed by atoms with van der Waals surface area (Å²) in [6, 6.07) is 18.6. The topological polar surface area (TPSA) is 104 Å². The molecule has 4 rings (SSSR count). The number of thiophene rings is 1. The van der Waals surface area contributed by atoms with Gasteiger partial charge in [0.1, 0.15) is 5.82 Å². The molecule has 0 aliphatic rings. The van der Waals surface area contributed by atoms with Crippen molar-refractivity contribution in [3.8, 4) is 0 Å². The van der Waals surface area contributed by atoms with Crippen LogP contribution in [0.25, 0.3) is 10.1 Å². The molecule has 11 heteroatoms. The van der Waals surface area contributed by atoms with E-state index in [4.69, 9.17) is 11.6 Å². The molecule has 4 aromatic rings. The number of fused-ring (bicyclic) bond motifs is 1. The first-order chi connectivity index (χ1) is 16.2. The summed E-state index contributed by atoms with van der Waals surface area (Å²) in [5.74, 6) is -1.67. The highest BCUT2D eigenvalue weighted by molar-refractivity contribution is 7.89. The lowest BCUT2D eigenvalue weighted by Crippen LogP contribution is -2.41. The van der Waals surface area contributed by atoms with Crippen molar-refractivity contribution in [1.29, 1.82) is 0 Å². The number of hydrazine groups is 1. The molecule has 0 saturated carbocycles. The number of amides is 2. The monoisotopic (exact) mass is 517 g/mol. The first kappa shape index (κ1) is 23.8. The van der Waals surface area contributed by atoms with Gasteiger partial charge in [0.2, 0.25) is 10.0 Å². The van der Waals surface area contributed by atoms with Gasteiger partial charge in [-0.2, -0.15) is 0 Å². The molecule has 0 aliphatic heterocycles. The lowest BCUT2D eigenvalue weighted by atomic mass is 10.1. The van der Waals surface area contributed by atoms with Gasteiger partial charge in [-0.3, -0.25) is 20.4 Å². The largest absolute Gasteiger partial charge is 0.279 e. The third-order valence-corrected chi connectivity index (χ3v) is 7.63. The van der Waals surface area contributed by atoms with E-state index in [2.05, 4.69) is 15.6 Å². The second kappa shape index (κ2) is 9.90. The van der Waals surface area contributed by atoms with Crippen LogP contribution in [-0.2, 0) is 16.6 Å². The van der Waals surface area contributed by atoms with Crippen molar-refractivity contribution in [3.63, 3.8) is 0 Å². The number of hydrogen-bond acceptors (Lipinski definition) is 5. The number of halogens is 2. The molecule has 1 aromatic heterocycles. The number of sulfonamides is 1. The number of carbonyl (C=O) groups excluding carboxylic acids is 2. The standard InChI is InChI=1S/C23H17ClFN3O4S2/c24-18-12-17(9-10-19(18)25)34(31,32)26-13-14-5-7-15(8-6-14)22(29)27-28-23(30)21-11-16-3-1-2-4-20(16)33-21/h1-12,26H,13H2,(H,27,29)(H,28,30). The van der Waals surface area contributed by atoms with Crippen LogP contribution in [0.3, 0.4) is 0 Å². The average Bonchev–Trinajstić information content (AvgIpc) is 3.27. The zero-order valence-electron chi connectivity index (χ0n) is 17.3. The van der Waals surface area contributed by atoms with Crippen molar-refractivity contribution in [2.24, 2.45) is 0 Å². The highest BCUT2D eigenvalue weighted by atomic mass is 35.5. The van der Waals surface area contributed by atoms with Gasteiger partial charge >= 0.3 is 0 Å². The first-order valence-corrected chi connectivity index (χ1v) is 12.5. The molecule has 3 aromatic carbocycles. The molecule has 7 nitrogen and oxygen atoms in total. The summed E-state index contributed by atoms with van der Waals surface area (Å²) in [6.07, 6.45) is 0. The molecule has 0 aliphatic carbocycles. The SMILES string of the molecule is O=C(NNC(=O)c1cc2ccccc2s1)c1ccc(CNS(=O)(=O)c2ccc(F)c(Cl)c2)cc1. The summed E-state index contributed by atoms with van der Waals surface area (Å²) >= 11 is 6.97. The van der Waals surface area contributed by atoms with Crippen molar-refractivity contribution in [2.75, 3.05) is 0 Å². The molecule has 1 heterocycles. The molecule has 0 fully saturated rings. The molecule has 0 spiro atoms. The van der Waals surface area contributed by atoms with E-state index in [1.807, 2.05) is 24.3 Å². The van der Waals surface area contributed by atoms with E-state index >= 15 is 0 Å². The summed E-state index contributed by atoms with van der Waals surface area (Å²) < 4.78 is 41.4. The molecule has 0 bridgehead atoms. The summed E-state index contributed by atoms with van der Waals surface area (Å²) in [7, 11) is -3.91. The number of hydrogen-bond donors (Lipinski definition) is 3. The van der Waals surface area contributed by atoms with Crippen molar-refractivity contribution in [1.82, 2.24) is 15.6 Å². The zero-order valence-corrected chi connectivity index (χ0v) is 19.7.